The van der Waals surface area contributed by atoms with Gasteiger partial charge in [0.15, 0.2) is 0 Å². The van der Waals surface area contributed by atoms with Gasteiger partial charge in [-0.3, -0.25) is 0 Å². The van der Waals surface area contributed by atoms with Crippen molar-refractivity contribution < 1.29 is 9.53 Å². The molecule has 2 N–H and O–H groups in total. The minimum atomic E-state index is -0.430. The van der Waals surface area contributed by atoms with E-state index in [9.17, 15) is 4.79 Å². The summed E-state index contributed by atoms with van der Waals surface area (Å²) in [6.45, 7) is 11.7. The normalized spacial score (nSPS) is 21.5. The van der Waals surface area contributed by atoms with Crippen LogP contribution in [0.1, 0.15) is 47.0 Å². The number of rotatable bonds is 5. The first-order valence-corrected chi connectivity index (χ1v) is 8.16. The third-order valence-electron chi connectivity index (χ3n) is 3.62. The van der Waals surface area contributed by atoms with Crippen molar-refractivity contribution in [2.24, 2.45) is 5.92 Å². The lowest BCUT2D eigenvalue weighted by Crippen LogP contribution is -2.40. The van der Waals surface area contributed by atoms with Crippen LogP contribution in [-0.2, 0) is 4.74 Å². The highest BCUT2D eigenvalue weighted by Gasteiger charge is 2.21. The van der Waals surface area contributed by atoms with Crippen molar-refractivity contribution in [3.8, 4) is 0 Å². The van der Waals surface area contributed by atoms with E-state index in [1.807, 2.05) is 20.8 Å². The number of carbonyl (C=O) groups is 1. The maximum absolute atomic E-state index is 11.9. The highest BCUT2D eigenvalue weighted by Crippen LogP contribution is 2.10. The fourth-order valence-corrected chi connectivity index (χ4v) is 2.54. The Morgan fingerprint density at radius 1 is 1.38 bits per heavy atom. The third-order valence-corrected chi connectivity index (χ3v) is 3.62. The van der Waals surface area contributed by atoms with E-state index in [1.54, 1.807) is 11.9 Å². The standard InChI is InChI=1S/C16H33N3O2/c1-13(11-18-14-7-6-9-17-10-8-14)12-19(5)15(20)21-16(2,3)4/h13-14,17-18H,6-12H2,1-5H3. The summed E-state index contributed by atoms with van der Waals surface area (Å²) in [5.74, 6) is 0.415. The Balaban J connectivity index is 2.25. The van der Waals surface area contributed by atoms with Gasteiger partial charge in [-0.05, 0) is 65.6 Å². The van der Waals surface area contributed by atoms with Gasteiger partial charge < -0.3 is 20.3 Å². The molecule has 5 heteroatoms. The van der Waals surface area contributed by atoms with Crippen LogP contribution in [0.5, 0.6) is 0 Å². The van der Waals surface area contributed by atoms with Gasteiger partial charge >= 0.3 is 6.09 Å². The molecule has 0 saturated carbocycles. The Labute approximate surface area is 129 Å². The SMILES string of the molecule is CC(CNC1CCCNCC1)CN(C)C(=O)OC(C)(C)C. The molecule has 0 spiro atoms. The molecular formula is C16H33N3O2. The lowest BCUT2D eigenvalue weighted by Gasteiger charge is -2.27. The van der Waals surface area contributed by atoms with Crippen LogP contribution >= 0.6 is 0 Å². The number of carbonyl (C=O) groups excluding carboxylic acids is 1. The Bertz CT molecular complexity index is 307. The average Bonchev–Trinajstić information content (AvgIpc) is 2.62. The van der Waals surface area contributed by atoms with E-state index in [0.717, 1.165) is 19.6 Å². The number of nitrogens with one attached hydrogen (secondary N) is 2. The van der Waals surface area contributed by atoms with Gasteiger partial charge in [0.2, 0.25) is 0 Å². The highest BCUT2D eigenvalue weighted by molar-refractivity contribution is 5.67. The Morgan fingerprint density at radius 3 is 2.76 bits per heavy atom. The fraction of sp³-hybridized carbons (Fsp3) is 0.938. The molecule has 1 amide bonds. The van der Waals surface area contributed by atoms with Gasteiger partial charge in [-0.15, -0.1) is 0 Å². The van der Waals surface area contributed by atoms with E-state index in [2.05, 4.69) is 17.6 Å². The van der Waals surface area contributed by atoms with Crippen molar-refractivity contribution in [2.75, 3.05) is 33.2 Å². The molecule has 124 valence electrons. The van der Waals surface area contributed by atoms with Crippen LogP contribution in [0.3, 0.4) is 0 Å². The van der Waals surface area contributed by atoms with Gasteiger partial charge in [-0.1, -0.05) is 6.92 Å². The summed E-state index contributed by atoms with van der Waals surface area (Å²) in [7, 11) is 1.81. The second-order valence-electron chi connectivity index (χ2n) is 7.25. The van der Waals surface area contributed by atoms with Crippen molar-refractivity contribution in [1.29, 1.82) is 0 Å². The summed E-state index contributed by atoms with van der Waals surface area (Å²) >= 11 is 0. The first-order chi connectivity index (χ1) is 9.78. The molecule has 1 rings (SSSR count). The molecule has 1 fully saturated rings. The molecular weight excluding hydrogens is 266 g/mol. The van der Waals surface area contributed by atoms with Crippen molar-refractivity contribution in [1.82, 2.24) is 15.5 Å². The molecule has 1 aliphatic rings. The molecule has 0 aromatic rings. The first kappa shape index (κ1) is 18.2. The van der Waals surface area contributed by atoms with Gasteiger partial charge in [0.25, 0.3) is 0 Å². The summed E-state index contributed by atoms with van der Waals surface area (Å²) in [4.78, 5) is 13.6. The van der Waals surface area contributed by atoms with E-state index < -0.39 is 5.60 Å². The maximum atomic E-state index is 11.9. The van der Waals surface area contributed by atoms with Gasteiger partial charge in [-0.25, -0.2) is 4.79 Å². The summed E-state index contributed by atoms with van der Waals surface area (Å²) in [6.07, 6.45) is 3.42. The quantitative estimate of drug-likeness (QED) is 0.817. The predicted octanol–water partition coefficient (Wildman–Crippen LogP) is 2.22. The Kier molecular flexibility index (Phi) is 7.46. The number of nitrogens with zero attached hydrogens (tertiary/aromatic N) is 1. The summed E-state index contributed by atoms with van der Waals surface area (Å²) in [6, 6.07) is 0.606. The molecule has 21 heavy (non-hydrogen) atoms. The number of ether oxygens (including phenoxy) is 1. The Hall–Kier alpha value is -0.810. The summed E-state index contributed by atoms with van der Waals surface area (Å²) in [5.41, 5.74) is -0.430. The summed E-state index contributed by atoms with van der Waals surface area (Å²) in [5, 5.41) is 7.06. The van der Waals surface area contributed by atoms with Crippen LogP contribution < -0.4 is 10.6 Å². The number of hydrogen-bond donors (Lipinski definition) is 2. The average molecular weight is 299 g/mol. The molecule has 2 unspecified atom stereocenters. The van der Waals surface area contributed by atoms with Crippen molar-refractivity contribution in [3.05, 3.63) is 0 Å². The smallest absolute Gasteiger partial charge is 0.410 e. The molecule has 0 aliphatic carbocycles. The van der Waals surface area contributed by atoms with Gasteiger partial charge in [0, 0.05) is 19.6 Å². The van der Waals surface area contributed by atoms with E-state index in [0.29, 0.717) is 18.5 Å². The van der Waals surface area contributed by atoms with Gasteiger partial charge in [0.05, 0.1) is 0 Å². The van der Waals surface area contributed by atoms with Crippen molar-refractivity contribution in [3.63, 3.8) is 0 Å². The van der Waals surface area contributed by atoms with Gasteiger partial charge in [0.1, 0.15) is 5.60 Å². The maximum Gasteiger partial charge on any atom is 0.410 e. The van der Waals surface area contributed by atoms with Crippen LogP contribution in [0.2, 0.25) is 0 Å². The van der Waals surface area contributed by atoms with E-state index in [1.165, 1.54) is 19.3 Å². The predicted molar refractivity (Wildman–Crippen MR) is 86.5 cm³/mol. The molecule has 1 saturated heterocycles. The van der Waals surface area contributed by atoms with Gasteiger partial charge in [-0.2, -0.15) is 0 Å². The second kappa shape index (κ2) is 8.59. The molecule has 1 heterocycles. The van der Waals surface area contributed by atoms with Crippen molar-refractivity contribution >= 4 is 6.09 Å². The molecule has 0 radical (unpaired) electrons. The van der Waals surface area contributed by atoms with Crippen LogP contribution in [-0.4, -0.2) is 55.9 Å². The zero-order valence-electron chi connectivity index (χ0n) is 14.4. The van der Waals surface area contributed by atoms with Crippen LogP contribution in [0, 0.1) is 5.92 Å². The lowest BCUT2D eigenvalue weighted by atomic mass is 10.1. The fourth-order valence-electron chi connectivity index (χ4n) is 2.54. The number of hydrogen-bond acceptors (Lipinski definition) is 4. The zero-order valence-corrected chi connectivity index (χ0v) is 14.4. The minimum absolute atomic E-state index is 0.243. The monoisotopic (exact) mass is 299 g/mol. The molecule has 0 aromatic carbocycles. The van der Waals surface area contributed by atoms with E-state index >= 15 is 0 Å². The summed E-state index contributed by atoms with van der Waals surface area (Å²) < 4.78 is 5.37. The number of amides is 1. The Morgan fingerprint density at radius 2 is 2.10 bits per heavy atom. The van der Waals surface area contributed by atoms with Crippen molar-refractivity contribution in [2.45, 2.75) is 58.6 Å². The third kappa shape index (κ3) is 8.27. The molecule has 0 bridgehead atoms. The minimum Gasteiger partial charge on any atom is -0.444 e. The molecule has 1 aliphatic heterocycles. The van der Waals surface area contributed by atoms with Crippen LogP contribution in [0.15, 0.2) is 0 Å². The molecule has 5 nitrogen and oxygen atoms in total. The second-order valence-corrected chi connectivity index (χ2v) is 7.25. The topological polar surface area (TPSA) is 53.6 Å². The first-order valence-electron chi connectivity index (χ1n) is 8.16. The lowest BCUT2D eigenvalue weighted by molar-refractivity contribution is 0.0276. The molecule has 2 atom stereocenters. The van der Waals surface area contributed by atoms with Crippen LogP contribution in [0.25, 0.3) is 0 Å². The molecule has 0 aromatic heterocycles. The van der Waals surface area contributed by atoms with Crippen LogP contribution in [0.4, 0.5) is 4.79 Å². The van der Waals surface area contributed by atoms with E-state index in [-0.39, 0.29) is 6.09 Å². The zero-order chi connectivity index (χ0) is 15.9. The van der Waals surface area contributed by atoms with E-state index in [4.69, 9.17) is 4.74 Å². The largest absolute Gasteiger partial charge is 0.444 e. The highest BCUT2D eigenvalue weighted by atomic mass is 16.6.